The summed E-state index contributed by atoms with van der Waals surface area (Å²) >= 11 is 0. The normalized spacial score (nSPS) is 15.3. The van der Waals surface area contributed by atoms with E-state index in [1.165, 1.54) is 26.0 Å². The van der Waals surface area contributed by atoms with Crippen LogP contribution in [0.3, 0.4) is 0 Å². The maximum atomic E-state index is 13.2. The van der Waals surface area contributed by atoms with Crippen LogP contribution in [0.2, 0.25) is 0 Å². The molecule has 1 unspecified atom stereocenters. The number of nitrogens with zero attached hydrogens (tertiary/aromatic N) is 1. The van der Waals surface area contributed by atoms with Crippen LogP contribution in [0.4, 0.5) is 24.5 Å². The Morgan fingerprint density at radius 3 is 2.48 bits per heavy atom. The summed E-state index contributed by atoms with van der Waals surface area (Å²) in [4.78, 5) is 26.1. The molecule has 0 spiro atoms. The number of morpholine rings is 1. The predicted octanol–water partition coefficient (Wildman–Crippen LogP) is 4.15. The Hall–Kier alpha value is -3.07. The number of anilines is 2. The second kappa shape index (κ2) is 9.38. The van der Waals surface area contributed by atoms with Crippen LogP contribution in [0, 0.1) is 0 Å². The zero-order valence-corrected chi connectivity index (χ0v) is 17.2. The summed E-state index contributed by atoms with van der Waals surface area (Å²) in [6.07, 6.45) is -5.55. The summed E-state index contributed by atoms with van der Waals surface area (Å²) in [5.41, 5.74) is 0.102. The quantitative estimate of drug-likeness (QED) is 0.689. The second-order valence-corrected chi connectivity index (χ2v) is 7.16. The number of halogens is 3. The van der Waals surface area contributed by atoms with E-state index in [-0.39, 0.29) is 11.5 Å². The fraction of sp³-hybridized carbons (Fsp3) is 0.364. The molecule has 6 nitrogen and oxygen atoms in total. The van der Waals surface area contributed by atoms with E-state index in [1.807, 2.05) is 4.90 Å². The summed E-state index contributed by atoms with van der Waals surface area (Å²) in [6, 6.07) is 9.62. The molecule has 0 bridgehead atoms. The number of amides is 1. The summed E-state index contributed by atoms with van der Waals surface area (Å²) in [6.45, 7) is 4.78. The Bertz CT molecular complexity index is 956. The standard InChI is InChI=1S/C22H23F3N2O4/c1-14(28)16-4-3-5-18(12-16)31-15(2)21(29)26-19-13-17(22(23,24)25)6-7-20(19)27-8-10-30-11-9-27/h3-7,12-13,15H,8-11H2,1-2H3,(H,26,29). The largest absolute Gasteiger partial charge is 0.481 e. The molecular formula is C22H23F3N2O4. The average molecular weight is 436 g/mol. The lowest BCUT2D eigenvalue weighted by atomic mass is 10.1. The minimum atomic E-state index is -4.54. The van der Waals surface area contributed by atoms with Crippen molar-refractivity contribution in [1.29, 1.82) is 0 Å². The van der Waals surface area contributed by atoms with Gasteiger partial charge in [0.25, 0.3) is 5.91 Å². The van der Waals surface area contributed by atoms with Gasteiger partial charge >= 0.3 is 6.18 Å². The minimum Gasteiger partial charge on any atom is -0.481 e. The Balaban J connectivity index is 1.81. The molecule has 1 amide bonds. The van der Waals surface area contributed by atoms with Crippen LogP contribution in [0.15, 0.2) is 42.5 Å². The fourth-order valence-corrected chi connectivity index (χ4v) is 3.17. The fourth-order valence-electron chi connectivity index (χ4n) is 3.17. The van der Waals surface area contributed by atoms with Gasteiger partial charge in [0.2, 0.25) is 0 Å². The van der Waals surface area contributed by atoms with Crippen LogP contribution >= 0.6 is 0 Å². The molecule has 9 heteroatoms. The monoisotopic (exact) mass is 436 g/mol. The molecule has 1 atom stereocenters. The number of hydrogen-bond acceptors (Lipinski definition) is 5. The lowest BCUT2D eigenvalue weighted by Crippen LogP contribution is -2.37. The van der Waals surface area contributed by atoms with Crippen molar-refractivity contribution in [3.8, 4) is 5.75 Å². The Morgan fingerprint density at radius 2 is 1.84 bits per heavy atom. The molecule has 166 valence electrons. The van der Waals surface area contributed by atoms with Crippen molar-refractivity contribution in [1.82, 2.24) is 0 Å². The zero-order chi connectivity index (χ0) is 22.6. The van der Waals surface area contributed by atoms with E-state index in [2.05, 4.69) is 5.32 Å². The highest BCUT2D eigenvalue weighted by atomic mass is 19.4. The predicted molar refractivity (Wildman–Crippen MR) is 110 cm³/mol. The molecule has 2 aromatic rings. The van der Waals surface area contributed by atoms with Crippen LogP contribution in [-0.4, -0.2) is 44.1 Å². The highest BCUT2D eigenvalue weighted by Gasteiger charge is 2.32. The molecule has 1 saturated heterocycles. The molecule has 0 saturated carbocycles. The van der Waals surface area contributed by atoms with Gasteiger partial charge in [-0.25, -0.2) is 0 Å². The van der Waals surface area contributed by atoms with Gasteiger partial charge in [0.05, 0.1) is 30.2 Å². The van der Waals surface area contributed by atoms with Gasteiger partial charge in [0.1, 0.15) is 5.75 Å². The number of alkyl halides is 3. The van der Waals surface area contributed by atoms with Crippen molar-refractivity contribution < 1.29 is 32.2 Å². The third-order valence-corrected chi connectivity index (χ3v) is 4.86. The van der Waals surface area contributed by atoms with Crippen molar-refractivity contribution in [3.05, 3.63) is 53.6 Å². The molecule has 31 heavy (non-hydrogen) atoms. The lowest BCUT2D eigenvalue weighted by Gasteiger charge is -2.31. The maximum absolute atomic E-state index is 13.2. The van der Waals surface area contributed by atoms with Gasteiger partial charge in [-0.2, -0.15) is 13.2 Å². The second-order valence-electron chi connectivity index (χ2n) is 7.16. The molecule has 0 aliphatic carbocycles. The van der Waals surface area contributed by atoms with Gasteiger partial charge in [-0.05, 0) is 44.2 Å². The Kier molecular flexibility index (Phi) is 6.84. The van der Waals surface area contributed by atoms with Crippen molar-refractivity contribution in [3.63, 3.8) is 0 Å². The van der Waals surface area contributed by atoms with Gasteiger partial charge in [0.15, 0.2) is 11.9 Å². The molecule has 0 radical (unpaired) electrons. The maximum Gasteiger partial charge on any atom is 0.416 e. The number of carbonyl (C=O) groups excluding carboxylic acids is 2. The van der Waals surface area contributed by atoms with Gasteiger partial charge in [0, 0.05) is 18.7 Å². The molecule has 0 aromatic heterocycles. The van der Waals surface area contributed by atoms with E-state index >= 15 is 0 Å². The van der Waals surface area contributed by atoms with Gasteiger partial charge in [-0.3, -0.25) is 9.59 Å². The number of ether oxygens (including phenoxy) is 2. The number of Topliss-reactive ketones (excluding diaryl/α,β-unsaturated/α-hetero) is 1. The molecular weight excluding hydrogens is 413 g/mol. The first-order chi connectivity index (χ1) is 14.6. The molecule has 1 N–H and O–H groups in total. The highest BCUT2D eigenvalue weighted by molar-refractivity contribution is 5.97. The van der Waals surface area contributed by atoms with E-state index in [0.29, 0.717) is 43.3 Å². The topological polar surface area (TPSA) is 67.9 Å². The Labute approximate surface area is 177 Å². The average Bonchev–Trinajstić information content (AvgIpc) is 2.73. The van der Waals surface area contributed by atoms with Crippen LogP contribution in [0.25, 0.3) is 0 Å². The third kappa shape index (κ3) is 5.75. The van der Waals surface area contributed by atoms with Crippen LogP contribution in [0.1, 0.15) is 29.8 Å². The number of nitrogens with one attached hydrogen (secondary N) is 1. The number of carbonyl (C=O) groups is 2. The van der Waals surface area contributed by atoms with E-state index in [9.17, 15) is 22.8 Å². The smallest absolute Gasteiger partial charge is 0.416 e. The number of benzene rings is 2. The lowest BCUT2D eigenvalue weighted by molar-refractivity contribution is -0.137. The van der Waals surface area contributed by atoms with E-state index in [0.717, 1.165) is 12.1 Å². The van der Waals surface area contributed by atoms with Crippen LogP contribution in [0.5, 0.6) is 5.75 Å². The number of ketones is 1. The molecule has 2 aromatic carbocycles. The van der Waals surface area contributed by atoms with Crippen molar-refractivity contribution >= 4 is 23.1 Å². The Morgan fingerprint density at radius 1 is 1.13 bits per heavy atom. The molecule has 3 rings (SSSR count). The van der Waals surface area contributed by atoms with Crippen LogP contribution in [-0.2, 0) is 15.7 Å². The number of hydrogen-bond donors (Lipinski definition) is 1. The highest BCUT2D eigenvalue weighted by Crippen LogP contribution is 2.36. The molecule has 1 aliphatic rings. The first-order valence-corrected chi connectivity index (χ1v) is 9.77. The molecule has 1 aliphatic heterocycles. The van der Waals surface area contributed by atoms with E-state index in [4.69, 9.17) is 9.47 Å². The van der Waals surface area contributed by atoms with E-state index < -0.39 is 23.8 Å². The third-order valence-electron chi connectivity index (χ3n) is 4.86. The summed E-state index contributed by atoms with van der Waals surface area (Å²) in [7, 11) is 0. The molecule has 1 heterocycles. The molecule has 1 fully saturated rings. The van der Waals surface area contributed by atoms with Gasteiger partial charge in [-0.1, -0.05) is 12.1 Å². The first-order valence-electron chi connectivity index (χ1n) is 9.77. The van der Waals surface area contributed by atoms with Crippen molar-refractivity contribution in [2.45, 2.75) is 26.1 Å². The van der Waals surface area contributed by atoms with Crippen molar-refractivity contribution in [2.75, 3.05) is 36.5 Å². The zero-order valence-electron chi connectivity index (χ0n) is 17.2. The van der Waals surface area contributed by atoms with Gasteiger partial charge in [-0.15, -0.1) is 0 Å². The van der Waals surface area contributed by atoms with E-state index in [1.54, 1.807) is 18.2 Å². The number of rotatable bonds is 6. The summed E-state index contributed by atoms with van der Waals surface area (Å²) < 4.78 is 50.6. The van der Waals surface area contributed by atoms with Crippen molar-refractivity contribution in [2.24, 2.45) is 0 Å². The SMILES string of the molecule is CC(=O)c1cccc(OC(C)C(=O)Nc2cc(C(F)(F)F)ccc2N2CCOCC2)c1. The summed E-state index contributed by atoms with van der Waals surface area (Å²) in [5.74, 6) is -0.448. The van der Waals surface area contributed by atoms with Crippen LogP contribution < -0.4 is 15.0 Å². The summed E-state index contributed by atoms with van der Waals surface area (Å²) in [5, 5.41) is 2.56. The minimum absolute atomic E-state index is 0.0506. The first kappa shape index (κ1) is 22.6. The van der Waals surface area contributed by atoms with Gasteiger partial charge < -0.3 is 19.7 Å².